The number of urea groups is 1. The van der Waals surface area contributed by atoms with E-state index in [1.54, 1.807) is 42.0 Å². The van der Waals surface area contributed by atoms with Gasteiger partial charge in [-0.3, -0.25) is 9.59 Å². The number of anilines is 1. The third kappa shape index (κ3) is 10.5. The molecule has 0 saturated carbocycles. The lowest BCUT2D eigenvalue weighted by Gasteiger charge is -2.36. The van der Waals surface area contributed by atoms with Crippen molar-refractivity contribution in [2.75, 3.05) is 38.7 Å². The Morgan fingerprint density at radius 1 is 1.09 bits per heavy atom. The molecule has 10 heteroatoms. The van der Waals surface area contributed by atoms with Gasteiger partial charge in [0, 0.05) is 44.4 Å². The monoisotopic (exact) mass is 610 g/mol. The highest BCUT2D eigenvalue weighted by molar-refractivity contribution is 5.99. The van der Waals surface area contributed by atoms with Gasteiger partial charge in [0.15, 0.2) is 0 Å². The van der Waals surface area contributed by atoms with E-state index < -0.39 is 6.04 Å². The molecule has 242 valence electrons. The summed E-state index contributed by atoms with van der Waals surface area (Å²) in [6.45, 7) is 10.4. The molecule has 1 heterocycles. The highest BCUT2D eigenvalue weighted by atomic mass is 16.5. The molecule has 1 aliphatic heterocycles. The van der Waals surface area contributed by atoms with Crippen molar-refractivity contribution in [3.8, 4) is 5.75 Å². The normalized spacial score (nSPS) is 20.6. The summed E-state index contributed by atoms with van der Waals surface area (Å²) in [7, 11) is 1.78. The van der Waals surface area contributed by atoms with Crippen molar-refractivity contribution < 1.29 is 29.0 Å². The predicted octanol–water partition coefficient (Wildman–Crippen LogP) is 4.71. The number of ether oxygens (including phenoxy) is 2. The minimum Gasteiger partial charge on any atom is -0.490 e. The van der Waals surface area contributed by atoms with Crippen molar-refractivity contribution >= 4 is 23.5 Å². The molecule has 44 heavy (non-hydrogen) atoms. The number of benzene rings is 2. The number of amides is 4. The van der Waals surface area contributed by atoms with Gasteiger partial charge in [-0.15, -0.1) is 0 Å². The summed E-state index contributed by atoms with van der Waals surface area (Å²) in [5, 5.41) is 15.7. The van der Waals surface area contributed by atoms with Crippen LogP contribution in [0, 0.1) is 5.92 Å². The largest absolute Gasteiger partial charge is 0.490 e. The Labute approximate surface area is 262 Å². The zero-order valence-electron chi connectivity index (χ0n) is 27.0. The van der Waals surface area contributed by atoms with Crippen LogP contribution < -0.4 is 15.4 Å². The molecule has 4 atom stereocenters. The Bertz CT molecular complexity index is 1220. The number of likely N-dealkylation sites (N-methyl/N-ethyl adjacent to an activating group) is 1. The second kappa shape index (κ2) is 17.0. The van der Waals surface area contributed by atoms with Crippen molar-refractivity contribution in [2.24, 2.45) is 5.92 Å². The molecule has 0 spiro atoms. The van der Waals surface area contributed by atoms with Crippen molar-refractivity contribution in [3.63, 3.8) is 0 Å². The summed E-state index contributed by atoms with van der Waals surface area (Å²) in [6, 6.07) is 13.8. The topological polar surface area (TPSA) is 120 Å². The molecule has 2 aromatic carbocycles. The Morgan fingerprint density at radius 2 is 1.82 bits per heavy atom. The van der Waals surface area contributed by atoms with Gasteiger partial charge < -0.3 is 35.0 Å². The first-order valence-corrected chi connectivity index (χ1v) is 15.7. The zero-order chi connectivity index (χ0) is 32.2. The molecule has 0 aromatic heterocycles. The minimum atomic E-state index is -0.498. The third-order valence-corrected chi connectivity index (χ3v) is 7.81. The Balaban J connectivity index is 1.89. The fraction of sp³-hybridized carbons (Fsp3) is 0.559. The first-order valence-electron chi connectivity index (χ1n) is 15.7. The van der Waals surface area contributed by atoms with Crippen LogP contribution >= 0.6 is 0 Å². The van der Waals surface area contributed by atoms with Crippen LogP contribution in [0.3, 0.4) is 0 Å². The van der Waals surface area contributed by atoms with E-state index in [-0.39, 0.29) is 55.2 Å². The van der Waals surface area contributed by atoms with Crippen LogP contribution in [0.25, 0.3) is 0 Å². The van der Waals surface area contributed by atoms with Crippen molar-refractivity contribution in [1.82, 2.24) is 15.1 Å². The van der Waals surface area contributed by atoms with E-state index in [0.29, 0.717) is 36.6 Å². The minimum absolute atomic E-state index is 0.00973. The molecule has 3 rings (SSSR count). The standard InChI is InChI=1S/C34H50N4O6/c1-23(2)35-34(42)36-28-15-16-30-29(19-28)33(41)38(25(4)22-39)20-24(3)31(43-17-11-10-12-26(5)44-30)21-37(6)32(40)18-27-13-8-7-9-14-27/h7-9,13-16,19,23-26,31,39H,10-12,17-18,20-22H2,1-6H3,(H2,35,36,42)/t24-,25-,26-,31+/m1/s1. The maximum absolute atomic E-state index is 14.2. The second-order valence-corrected chi connectivity index (χ2v) is 12.2. The molecule has 10 nitrogen and oxygen atoms in total. The maximum atomic E-state index is 14.2. The Kier molecular flexibility index (Phi) is 13.5. The Morgan fingerprint density at radius 3 is 2.50 bits per heavy atom. The predicted molar refractivity (Wildman–Crippen MR) is 172 cm³/mol. The third-order valence-electron chi connectivity index (χ3n) is 7.81. The number of hydrogen-bond donors (Lipinski definition) is 3. The van der Waals surface area contributed by atoms with E-state index in [4.69, 9.17) is 9.47 Å². The first-order chi connectivity index (χ1) is 21.0. The smallest absolute Gasteiger partial charge is 0.319 e. The molecule has 0 unspecified atom stereocenters. The number of carbonyl (C=O) groups is 3. The SMILES string of the molecule is CC(C)NC(=O)Nc1ccc2c(c1)C(=O)N([C@H](C)CO)C[C@@H](C)[C@H](CN(C)C(=O)Cc1ccccc1)OCCCC[C@@H](C)O2. The Hall–Kier alpha value is -3.63. The van der Waals surface area contributed by atoms with E-state index in [1.807, 2.05) is 58.0 Å². The van der Waals surface area contributed by atoms with E-state index in [1.165, 1.54) is 0 Å². The molecule has 0 bridgehead atoms. The molecular formula is C34H50N4O6. The lowest BCUT2D eigenvalue weighted by Crippen LogP contribution is -2.48. The van der Waals surface area contributed by atoms with Crippen molar-refractivity contribution in [2.45, 2.75) is 84.6 Å². The number of aliphatic hydroxyl groups is 1. The number of nitrogens with zero attached hydrogens (tertiary/aromatic N) is 2. The van der Waals surface area contributed by atoms with Gasteiger partial charge in [0.05, 0.1) is 36.8 Å². The summed E-state index contributed by atoms with van der Waals surface area (Å²) in [5.74, 6) is -0.0668. The number of aliphatic hydroxyl groups excluding tert-OH is 1. The van der Waals surface area contributed by atoms with Gasteiger partial charge in [-0.05, 0) is 70.7 Å². The number of carbonyl (C=O) groups excluding carboxylic acids is 3. The number of fused-ring (bicyclic) bond motifs is 1. The second-order valence-electron chi connectivity index (χ2n) is 12.2. The fourth-order valence-electron chi connectivity index (χ4n) is 5.17. The summed E-state index contributed by atoms with van der Waals surface area (Å²) in [4.78, 5) is 43.0. The van der Waals surface area contributed by atoms with Crippen molar-refractivity contribution in [1.29, 1.82) is 0 Å². The molecule has 0 fully saturated rings. The lowest BCUT2D eigenvalue weighted by atomic mass is 10.0. The van der Waals surface area contributed by atoms with E-state index in [0.717, 1.165) is 24.8 Å². The molecule has 1 aliphatic rings. The van der Waals surface area contributed by atoms with E-state index in [9.17, 15) is 19.5 Å². The van der Waals surface area contributed by atoms with Gasteiger partial charge in [0.2, 0.25) is 5.91 Å². The summed E-state index contributed by atoms with van der Waals surface area (Å²) in [6.07, 6.45) is 2.27. The van der Waals surface area contributed by atoms with Gasteiger partial charge in [-0.1, -0.05) is 37.3 Å². The molecule has 2 aromatic rings. The van der Waals surface area contributed by atoms with Crippen LogP contribution in [0.15, 0.2) is 48.5 Å². The van der Waals surface area contributed by atoms with Crippen LogP contribution in [0.5, 0.6) is 5.75 Å². The van der Waals surface area contributed by atoms with Gasteiger partial charge in [0.1, 0.15) is 5.75 Å². The van der Waals surface area contributed by atoms with Crippen LogP contribution in [0.2, 0.25) is 0 Å². The number of hydrogen-bond acceptors (Lipinski definition) is 6. The molecule has 4 amide bonds. The van der Waals surface area contributed by atoms with Crippen LogP contribution in [-0.4, -0.2) is 90.4 Å². The van der Waals surface area contributed by atoms with Gasteiger partial charge >= 0.3 is 6.03 Å². The fourth-order valence-corrected chi connectivity index (χ4v) is 5.17. The van der Waals surface area contributed by atoms with Crippen molar-refractivity contribution in [3.05, 3.63) is 59.7 Å². The van der Waals surface area contributed by atoms with Gasteiger partial charge in [0.25, 0.3) is 5.91 Å². The summed E-state index contributed by atoms with van der Waals surface area (Å²) in [5.41, 5.74) is 1.71. The highest BCUT2D eigenvalue weighted by Gasteiger charge is 2.31. The van der Waals surface area contributed by atoms with E-state index in [2.05, 4.69) is 10.6 Å². The number of nitrogens with one attached hydrogen (secondary N) is 2. The number of rotatable bonds is 8. The summed E-state index contributed by atoms with van der Waals surface area (Å²) >= 11 is 0. The molecule has 0 saturated heterocycles. The molecular weight excluding hydrogens is 560 g/mol. The summed E-state index contributed by atoms with van der Waals surface area (Å²) < 4.78 is 12.6. The lowest BCUT2D eigenvalue weighted by molar-refractivity contribution is -0.131. The van der Waals surface area contributed by atoms with Crippen LogP contribution in [0.4, 0.5) is 10.5 Å². The van der Waals surface area contributed by atoms with Gasteiger partial charge in [-0.2, -0.15) is 0 Å². The quantitative estimate of drug-likeness (QED) is 0.398. The van der Waals surface area contributed by atoms with Gasteiger partial charge in [-0.25, -0.2) is 4.79 Å². The van der Waals surface area contributed by atoms with E-state index >= 15 is 0 Å². The first kappa shape index (κ1) is 34.9. The van der Waals surface area contributed by atoms with Crippen LogP contribution in [-0.2, 0) is 16.0 Å². The molecule has 0 aliphatic carbocycles. The average Bonchev–Trinajstić information content (AvgIpc) is 2.98. The molecule has 3 N–H and O–H groups in total. The maximum Gasteiger partial charge on any atom is 0.319 e. The molecule has 0 radical (unpaired) electrons. The average molecular weight is 611 g/mol. The van der Waals surface area contributed by atoms with Crippen LogP contribution in [0.1, 0.15) is 69.8 Å². The highest BCUT2D eigenvalue weighted by Crippen LogP contribution is 2.28. The zero-order valence-corrected chi connectivity index (χ0v) is 27.0.